The van der Waals surface area contributed by atoms with Crippen LogP contribution in [0.2, 0.25) is 0 Å². The van der Waals surface area contributed by atoms with Gasteiger partial charge in [-0.05, 0) is 50.8 Å². The van der Waals surface area contributed by atoms with Crippen molar-refractivity contribution in [3.8, 4) is 0 Å². The highest BCUT2D eigenvalue weighted by atomic mass is 32.2. The molecule has 8 nitrogen and oxygen atoms in total. The maximum atomic E-state index is 13.5. The number of hydrogen-bond donors (Lipinski definition) is 1. The van der Waals surface area contributed by atoms with Crippen LogP contribution in [0.15, 0.2) is 63.8 Å². The fourth-order valence-electron chi connectivity index (χ4n) is 4.14. The molecular weight excluding hydrogens is 406 g/mol. The van der Waals surface area contributed by atoms with Crippen molar-refractivity contribution >= 4 is 16.0 Å². The second-order valence-corrected chi connectivity index (χ2v) is 9.28. The second-order valence-electron chi connectivity index (χ2n) is 7.51. The number of ether oxygens (including phenoxy) is 1. The highest BCUT2D eigenvalue weighted by Crippen LogP contribution is 2.52. The van der Waals surface area contributed by atoms with Gasteiger partial charge in [0.25, 0.3) is 10.0 Å². The Kier molecular flexibility index (Phi) is 4.90. The van der Waals surface area contributed by atoms with Gasteiger partial charge in [0.15, 0.2) is 0 Å². The van der Waals surface area contributed by atoms with Gasteiger partial charge in [0, 0.05) is 5.56 Å². The zero-order chi connectivity index (χ0) is 21.6. The van der Waals surface area contributed by atoms with E-state index in [4.69, 9.17) is 4.74 Å². The summed E-state index contributed by atoms with van der Waals surface area (Å²) >= 11 is 0. The zero-order valence-corrected chi connectivity index (χ0v) is 17.6. The Balaban J connectivity index is 1.95. The summed E-state index contributed by atoms with van der Waals surface area (Å²) < 4.78 is 32.8. The highest BCUT2D eigenvalue weighted by Gasteiger charge is 2.69. The molecule has 0 bridgehead atoms. The Hall–Kier alpha value is -2.78. The van der Waals surface area contributed by atoms with E-state index in [1.807, 2.05) is 19.1 Å². The molecule has 30 heavy (non-hydrogen) atoms. The average molecular weight is 429 g/mol. The van der Waals surface area contributed by atoms with Gasteiger partial charge in [-0.3, -0.25) is 0 Å². The lowest BCUT2D eigenvalue weighted by molar-refractivity contribution is -0.171. The third-order valence-corrected chi connectivity index (χ3v) is 7.35. The average Bonchev–Trinajstić information content (AvgIpc) is 2.97. The summed E-state index contributed by atoms with van der Waals surface area (Å²) in [7, 11) is -4.31. The zero-order valence-electron chi connectivity index (χ0n) is 16.8. The van der Waals surface area contributed by atoms with Crippen LogP contribution in [0.1, 0.15) is 36.5 Å². The third-order valence-electron chi connectivity index (χ3n) is 5.69. The number of fused-ring (bicyclic) bond motifs is 3. The minimum atomic E-state index is -4.31. The molecule has 4 rings (SSSR count). The lowest BCUT2D eigenvalue weighted by Gasteiger charge is -2.39. The summed E-state index contributed by atoms with van der Waals surface area (Å²) in [6, 6.07) is 13.1. The highest BCUT2D eigenvalue weighted by molar-refractivity contribution is 7.89. The van der Waals surface area contributed by atoms with Gasteiger partial charge in [0.1, 0.15) is 0 Å². The van der Waals surface area contributed by atoms with E-state index in [0.717, 1.165) is 11.1 Å². The largest absolute Gasteiger partial charge is 0.464 e. The lowest BCUT2D eigenvalue weighted by Crippen LogP contribution is -2.61. The van der Waals surface area contributed by atoms with Gasteiger partial charge in [-0.25, -0.2) is 4.79 Å². The molecule has 0 radical (unpaired) electrons. The van der Waals surface area contributed by atoms with Gasteiger partial charge in [-0.2, -0.15) is 8.42 Å². The molecule has 1 heterocycles. The number of aryl methyl sites for hydroxylation is 2. The normalized spacial score (nSPS) is 25.4. The van der Waals surface area contributed by atoms with Crippen molar-refractivity contribution < 1.29 is 23.1 Å². The van der Waals surface area contributed by atoms with Crippen molar-refractivity contribution in [2.75, 3.05) is 6.61 Å². The number of aliphatic hydroxyl groups is 1. The Bertz CT molecular complexity index is 1120. The molecule has 0 aromatic heterocycles. The molecule has 2 aromatic rings. The molecule has 0 fully saturated rings. The predicted molar refractivity (Wildman–Crippen MR) is 108 cm³/mol. The fraction of sp³-hybridized carbons (Fsp3) is 0.381. The molecule has 2 unspecified atom stereocenters. The summed E-state index contributed by atoms with van der Waals surface area (Å²) in [5.41, 5.74) is -2.31. The first-order valence-corrected chi connectivity index (χ1v) is 11.2. The SMILES string of the molecule is CCOC(=O)C12CCCc3ccccc3C1(O)N(S(=O)(=O)c1ccc(C)cc1)N=N2. The van der Waals surface area contributed by atoms with Crippen LogP contribution in [-0.2, 0) is 31.7 Å². The Morgan fingerprint density at radius 1 is 1.20 bits per heavy atom. The maximum absolute atomic E-state index is 13.5. The van der Waals surface area contributed by atoms with Crippen LogP contribution in [0.5, 0.6) is 0 Å². The van der Waals surface area contributed by atoms with Crippen LogP contribution in [-0.4, -0.2) is 36.1 Å². The van der Waals surface area contributed by atoms with E-state index in [2.05, 4.69) is 10.3 Å². The molecule has 0 amide bonds. The smallest absolute Gasteiger partial charge is 0.341 e. The van der Waals surface area contributed by atoms with Crippen molar-refractivity contribution in [3.63, 3.8) is 0 Å². The van der Waals surface area contributed by atoms with Gasteiger partial charge >= 0.3 is 5.97 Å². The molecule has 1 aliphatic heterocycles. The van der Waals surface area contributed by atoms with E-state index < -0.39 is 27.3 Å². The van der Waals surface area contributed by atoms with Crippen molar-refractivity contribution in [2.24, 2.45) is 10.3 Å². The first-order valence-electron chi connectivity index (χ1n) is 9.80. The van der Waals surface area contributed by atoms with Gasteiger partial charge in [-0.15, -0.1) is 9.53 Å². The molecule has 1 aliphatic carbocycles. The second kappa shape index (κ2) is 7.17. The number of hydrogen-bond acceptors (Lipinski definition) is 7. The summed E-state index contributed by atoms with van der Waals surface area (Å²) in [6.45, 7) is 3.55. The van der Waals surface area contributed by atoms with Crippen LogP contribution in [0.3, 0.4) is 0 Å². The molecule has 9 heteroatoms. The number of benzene rings is 2. The molecule has 0 saturated heterocycles. The minimum Gasteiger partial charge on any atom is -0.464 e. The molecule has 0 saturated carbocycles. The Morgan fingerprint density at radius 2 is 1.90 bits per heavy atom. The van der Waals surface area contributed by atoms with Gasteiger partial charge < -0.3 is 9.84 Å². The van der Waals surface area contributed by atoms with Crippen molar-refractivity contribution in [3.05, 3.63) is 65.2 Å². The number of sulfonamides is 1. The van der Waals surface area contributed by atoms with E-state index in [1.54, 1.807) is 31.2 Å². The first-order chi connectivity index (χ1) is 14.3. The quantitative estimate of drug-likeness (QED) is 0.752. The number of esters is 1. The van der Waals surface area contributed by atoms with Crippen LogP contribution in [0.25, 0.3) is 0 Å². The van der Waals surface area contributed by atoms with E-state index in [1.165, 1.54) is 12.1 Å². The number of nitrogens with zero attached hydrogens (tertiary/aromatic N) is 3. The number of carbonyl (C=O) groups excluding carboxylic acids is 1. The van der Waals surface area contributed by atoms with Gasteiger partial charge in [0.05, 0.1) is 11.5 Å². The molecule has 2 aromatic carbocycles. The third kappa shape index (κ3) is 2.76. The van der Waals surface area contributed by atoms with Crippen LogP contribution >= 0.6 is 0 Å². The van der Waals surface area contributed by atoms with E-state index >= 15 is 0 Å². The van der Waals surface area contributed by atoms with Gasteiger partial charge in [-0.1, -0.05) is 47.2 Å². The topological polar surface area (TPSA) is 109 Å². The Labute approximate surface area is 175 Å². The molecular formula is C21H23N3O5S. The lowest BCUT2D eigenvalue weighted by atomic mass is 9.80. The minimum absolute atomic E-state index is 0.0538. The number of carbonyl (C=O) groups is 1. The maximum Gasteiger partial charge on any atom is 0.341 e. The molecule has 0 spiro atoms. The molecule has 2 aliphatic rings. The predicted octanol–water partition coefficient (Wildman–Crippen LogP) is 2.85. The fourth-order valence-corrected chi connectivity index (χ4v) is 5.55. The summed E-state index contributed by atoms with van der Waals surface area (Å²) in [6.07, 6.45) is 1.17. The summed E-state index contributed by atoms with van der Waals surface area (Å²) in [4.78, 5) is 13.0. The first kappa shape index (κ1) is 20.5. The Morgan fingerprint density at radius 3 is 2.60 bits per heavy atom. The van der Waals surface area contributed by atoms with Crippen LogP contribution in [0.4, 0.5) is 0 Å². The standard InChI is InChI=1S/C21H23N3O5S/c1-3-29-19(25)20-14-6-8-16-7-4-5-9-18(16)21(20,26)24(23-22-20)30(27,28)17-12-10-15(2)11-13-17/h4-5,7,9-13,26H,3,6,8,14H2,1-2H3. The molecule has 1 N–H and O–H groups in total. The number of rotatable bonds is 4. The monoisotopic (exact) mass is 429 g/mol. The van der Waals surface area contributed by atoms with E-state index in [0.29, 0.717) is 17.3 Å². The van der Waals surface area contributed by atoms with Crippen molar-refractivity contribution in [2.45, 2.75) is 49.3 Å². The van der Waals surface area contributed by atoms with E-state index in [9.17, 15) is 18.3 Å². The summed E-state index contributed by atoms with van der Waals surface area (Å²) in [5.74, 6) is -0.797. The molecule has 2 atom stereocenters. The summed E-state index contributed by atoms with van der Waals surface area (Å²) in [5, 5.41) is 20.0. The van der Waals surface area contributed by atoms with Crippen molar-refractivity contribution in [1.82, 2.24) is 4.41 Å². The van der Waals surface area contributed by atoms with Crippen LogP contribution in [0, 0.1) is 6.92 Å². The van der Waals surface area contributed by atoms with Crippen molar-refractivity contribution in [1.29, 1.82) is 0 Å². The van der Waals surface area contributed by atoms with Crippen LogP contribution < -0.4 is 0 Å². The van der Waals surface area contributed by atoms with E-state index in [-0.39, 0.29) is 23.5 Å². The van der Waals surface area contributed by atoms with Gasteiger partial charge in [0.2, 0.25) is 11.3 Å². The molecule has 158 valence electrons.